The second-order valence-electron chi connectivity index (χ2n) is 5.35. The Morgan fingerprint density at radius 1 is 1.29 bits per heavy atom. The molecule has 0 saturated carbocycles. The highest BCUT2D eigenvalue weighted by atomic mass is 16.4. The SMILES string of the molecule is CN1CCCCC1CNC(=O)Nc1ccc(C(=O)O)cc1. The molecule has 1 aliphatic heterocycles. The molecule has 0 aliphatic carbocycles. The molecule has 2 rings (SSSR count). The summed E-state index contributed by atoms with van der Waals surface area (Å²) in [7, 11) is 2.08. The highest BCUT2D eigenvalue weighted by Crippen LogP contribution is 2.14. The number of carboxylic acid groups (broad SMARTS) is 1. The van der Waals surface area contributed by atoms with Crippen molar-refractivity contribution in [2.24, 2.45) is 0 Å². The maximum atomic E-state index is 11.8. The van der Waals surface area contributed by atoms with Crippen molar-refractivity contribution in [1.82, 2.24) is 10.2 Å². The second kappa shape index (κ2) is 7.08. The maximum absolute atomic E-state index is 11.8. The van der Waals surface area contributed by atoms with Gasteiger partial charge in [-0.25, -0.2) is 9.59 Å². The van der Waals surface area contributed by atoms with Crippen LogP contribution in [0.15, 0.2) is 24.3 Å². The van der Waals surface area contributed by atoms with Gasteiger partial charge in [0.25, 0.3) is 0 Å². The van der Waals surface area contributed by atoms with Crippen molar-refractivity contribution >= 4 is 17.7 Å². The Kier molecular flexibility index (Phi) is 5.16. The normalized spacial score (nSPS) is 19.0. The van der Waals surface area contributed by atoms with Crippen LogP contribution >= 0.6 is 0 Å². The zero-order valence-electron chi connectivity index (χ0n) is 12.1. The molecule has 1 aliphatic rings. The van der Waals surface area contributed by atoms with Crippen molar-refractivity contribution in [1.29, 1.82) is 0 Å². The third-order valence-electron chi connectivity index (χ3n) is 3.81. The molecule has 1 unspecified atom stereocenters. The van der Waals surface area contributed by atoms with Gasteiger partial charge in [0, 0.05) is 18.3 Å². The zero-order valence-corrected chi connectivity index (χ0v) is 12.1. The molecule has 1 fully saturated rings. The number of carbonyl (C=O) groups is 2. The van der Waals surface area contributed by atoms with E-state index in [1.807, 2.05) is 0 Å². The van der Waals surface area contributed by atoms with Crippen LogP contribution in [-0.2, 0) is 0 Å². The largest absolute Gasteiger partial charge is 0.478 e. The molecule has 1 aromatic rings. The Labute approximate surface area is 124 Å². The van der Waals surface area contributed by atoms with Gasteiger partial charge in [-0.3, -0.25) is 0 Å². The van der Waals surface area contributed by atoms with Crippen LogP contribution in [-0.4, -0.2) is 48.2 Å². The first-order valence-corrected chi connectivity index (χ1v) is 7.14. The summed E-state index contributed by atoms with van der Waals surface area (Å²) in [4.78, 5) is 24.8. The number of benzene rings is 1. The van der Waals surface area contributed by atoms with Crippen molar-refractivity contribution in [2.75, 3.05) is 25.5 Å². The first-order chi connectivity index (χ1) is 10.1. The number of likely N-dealkylation sites (N-methyl/N-ethyl adjacent to an activating group) is 1. The van der Waals surface area contributed by atoms with Crippen molar-refractivity contribution in [2.45, 2.75) is 25.3 Å². The lowest BCUT2D eigenvalue weighted by Gasteiger charge is -2.32. The number of hydrogen-bond donors (Lipinski definition) is 3. The van der Waals surface area contributed by atoms with Crippen molar-refractivity contribution in [3.63, 3.8) is 0 Å². The molecule has 1 atom stereocenters. The fourth-order valence-corrected chi connectivity index (χ4v) is 2.48. The van der Waals surface area contributed by atoms with Crippen LogP contribution in [0.3, 0.4) is 0 Å². The maximum Gasteiger partial charge on any atom is 0.335 e. The highest BCUT2D eigenvalue weighted by molar-refractivity contribution is 5.91. The quantitative estimate of drug-likeness (QED) is 0.792. The number of amides is 2. The Hall–Kier alpha value is -2.08. The molecule has 1 saturated heterocycles. The Bertz CT molecular complexity index is 501. The van der Waals surface area contributed by atoms with Crippen molar-refractivity contribution in [3.05, 3.63) is 29.8 Å². The lowest BCUT2D eigenvalue weighted by Crippen LogP contribution is -2.45. The number of likely N-dealkylation sites (tertiary alicyclic amines) is 1. The van der Waals surface area contributed by atoms with Gasteiger partial charge in [0.1, 0.15) is 0 Å². The molecule has 0 radical (unpaired) electrons. The Balaban J connectivity index is 1.80. The molecule has 114 valence electrons. The molecule has 6 heteroatoms. The van der Waals surface area contributed by atoms with Crippen LogP contribution < -0.4 is 10.6 Å². The van der Waals surface area contributed by atoms with E-state index in [-0.39, 0.29) is 11.6 Å². The molecule has 3 N–H and O–H groups in total. The van der Waals surface area contributed by atoms with E-state index < -0.39 is 5.97 Å². The number of nitrogens with one attached hydrogen (secondary N) is 2. The lowest BCUT2D eigenvalue weighted by atomic mass is 10.0. The second-order valence-corrected chi connectivity index (χ2v) is 5.35. The molecule has 21 heavy (non-hydrogen) atoms. The van der Waals surface area contributed by atoms with Gasteiger partial charge in [-0.2, -0.15) is 0 Å². The summed E-state index contributed by atoms with van der Waals surface area (Å²) in [5.74, 6) is -0.980. The number of rotatable bonds is 4. The van der Waals surface area contributed by atoms with E-state index >= 15 is 0 Å². The first kappa shape index (κ1) is 15.3. The predicted molar refractivity (Wildman–Crippen MR) is 80.7 cm³/mol. The summed E-state index contributed by atoms with van der Waals surface area (Å²) in [6.07, 6.45) is 3.52. The average Bonchev–Trinajstić information content (AvgIpc) is 2.47. The van der Waals surface area contributed by atoms with E-state index in [9.17, 15) is 9.59 Å². The third kappa shape index (κ3) is 4.46. The van der Waals surface area contributed by atoms with Crippen LogP contribution in [0.4, 0.5) is 10.5 Å². The zero-order chi connectivity index (χ0) is 15.2. The number of aromatic carboxylic acids is 1. The average molecular weight is 291 g/mol. The summed E-state index contributed by atoms with van der Waals surface area (Å²) in [5, 5.41) is 14.4. The van der Waals surface area contributed by atoms with E-state index in [4.69, 9.17) is 5.11 Å². The summed E-state index contributed by atoms with van der Waals surface area (Å²) in [6.45, 7) is 1.69. The molecular weight excluding hydrogens is 270 g/mol. The number of anilines is 1. The van der Waals surface area contributed by atoms with E-state index in [1.54, 1.807) is 12.1 Å². The summed E-state index contributed by atoms with van der Waals surface area (Å²) >= 11 is 0. The highest BCUT2D eigenvalue weighted by Gasteiger charge is 2.19. The minimum Gasteiger partial charge on any atom is -0.478 e. The lowest BCUT2D eigenvalue weighted by molar-refractivity contribution is 0.0697. The van der Waals surface area contributed by atoms with Gasteiger partial charge < -0.3 is 20.6 Å². The van der Waals surface area contributed by atoms with Gasteiger partial charge in [-0.1, -0.05) is 6.42 Å². The minimum absolute atomic E-state index is 0.199. The number of hydrogen-bond acceptors (Lipinski definition) is 3. The number of nitrogens with zero attached hydrogens (tertiary/aromatic N) is 1. The van der Waals surface area contributed by atoms with E-state index in [0.717, 1.165) is 13.0 Å². The number of carbonyl (C=O) groups excluding carboxylic acids is 1. The number of piperidine rings is 1. The summed E-state index contributed by atoms with van der Waals surface area (Å²) in [5.41, 5.74) is 0.777. The molecule has 1 aromatic carbocycles. The van der Waals surface area contributed by atoms with Crippen LogP contribution in [0.25, 0.3) is 0 Å². The fraction of sp³-hybridized carbons (Fsp3) is 0.467. The molecule has 0 aromatic heterocycles. The standard InChI is InChI=1S/C15H21N3O3/c1-18-9-3-2-4-13(18)10-16-15(21)17-12-7-5-11(6-8-12)14(19)20/h5-8,13H,2-4,9-10H2,1H3,(H,19,20)(H2,16,17,21). The number of carboxylic acids is 1. The topological polar surface area (TPSA) is 81.7 Å². The third-order valence-corrected chi connectivity index (χ3v) is 3.81. The molecule has 0 spiro atoms. The van der Waals surface area contributed by atoms with Crippen molar-refractivity contribution in [3.8, 4) is 0 Å². The molecule has 2 amide bonds. The molecule has 6 nitrogen and oxygen atoms in total. The van der Waals surface area contributed by atoms with E-state index in [2.05, 4.69) is 22.6 Å². The minimum atomic E-state index is -0.980. The van der Waals surface area contributed by atoms with Crippen molar-refractivity contribution < 1.29 is 14.7 Å². The monoisotopic (exact) mass is 291 g/mol. The van der Waals surface area contributed by atoms with Gasteiger partial charge in [-0.05, 0) is 50.7 Å². The van der Waals surface area contributed by atoms with Crippen LogP contribution in [0.5, 0.6) is 0 Å². The summed E-state index contributed by atoms with van der Waals surface area (Å²) in [6, 6.07) is 6.21. The van der Waals surface area contributed by atoms with Gasteiger partial charge in [0.15, 0.2) is 0 Å². The summed E-state index contributed by atoms with van der Waals surface area (Å²) < 4.78 is 0. The predicted octanol–water partition coefficient (Wildman–Crippen LogP) is 1.99. The Morgan fingerprint density at radius 3 is 2.62 bits per heavy atom. The first-order valence-electron chi connectivity index (χ1n) is 7.14. The van der Waals surface area contributed by atoms with Crippen LogP contribution in [0.2, 0.25) is 0 Å². The molecule has 1 heterocycles. The molecule has 0 bridgehead atoms. The van der Waals surface area contributed by atoms with Crippen LogP contribution in [0.1, 0.15) is 29.6 Å². The fourth-order valence-electron chi connectivity index (χ4n) is 2.48. The van der Waals surface area contributed by atoms with Gasteiger partial charge in [-0.15, -0.1) is 0 Å². The molecular formula is C15H21N3O3. The van der Waals surface area contributed by atoms with Crippen LogP contribution in [0, 0.1) is 0 Å². The smallest absolute Gasteiger partial charge is 0.335 e. The number of urea groups is 1. The van der Waals surface area contributed by atoms with Gasteiger partial charge in [0.2, 0.25) is 0 Å². The van der Waals surface area contributed by atoms with E-state index in [0.29, 0.717) is 18.3 Å². The van der Waals surface area contributed by atoms with Gasteiger partial charge >= 0.3 is 12.0 Å². The van der Waals surface area contributed by atoms with E-state index in [1.165, 1.54) is 25.0 Å². The van der Waals surface area contributed by atoms with Gasteiger partial charge in [0.05, 0.1) is 5.56 Å². The Morgan fingerprint density at radius 2 is 2.00 bits per heavy atom.